The highest BCUT2D eigenvalue weighted by atomic mass is 35.5. The molecule has 0 aliphatic carbocycles. The van der Waals surface area contributed by atoms with Crippen LogP contribution in [-0.2, 0) is 14.8 Å². The molecule has 0 unspecified atom stereocenters. The first kappa shape index (κ1) is 16.9. The zero-order valence-corrected chi connectivity index (χ0v) is 13.0. The van der Waals surface area contributed by atoms with Gasteiger partial charge >= 0.3 is 5.76 Å². The summed E-state index contributed by atoms with van der Waals surface area (Å²) in [7, 11) is -4.70. The molecule has 0 saturated carbocycles. The number of hydrogen-bond donors (Lipinski definition) is 1. The van der Waals surface area contributed by atoms with Crippen LogP contribution in [0.3, 0.4) is 0 Å². The van der Waals surface area contributed by atoms with Crippen LogP contribution in [0.25, 0.3) is 0 Å². The zero-order valence-electron chi connectivity index (χ0n) is 11.5. The molecular weight excluding hydrogens is 342 g/mol. The first-order chi connectivity index (χ1) is 10.3. The molecule has 0 radical (unpaired) electrons. The molecule has 0 spiro atoms. The van der Waals surface area contributed by atoms with E-state index in [-0.39, 0.29) is 23.5 Å². The number of alkyl halides is 3. The molecule has 1 aliphatic heterocycles. The summed E-state index contributed by atoms with van der Waals surface area (Å²) in [5.74, 6) is -3.70. The topological polar surface area (TPSA) is 84.3 Å². The number of carbonyl (C=O) groups excluding carboxylic acids is 1. The molecule has 1 fully saturated rings. The van der Waals surface area contributed by atoms with Crippen LogP contribution in [0.1, 0.15) is 18.9 Å². The number of nitrogens with one attached hydrogen (secondary N) is 1. The summed E-state index contributed by atoms with van der Waals surface area (Å²) in [6, 6.07) is -0.0239. The fourth-order valence-corrected chi connectivity index (χ4v) is 2.96. The molecule has 1 N–H and O–H groups in total. The van der Waals surface area contributed by atoms with E-state index in [2.05, 4.69) is 5.10 Å². The fraction of sp³-hybridized carbons (Fsp3) is 0.636. The van der Waals surface area contributed by atoms with Gasteiger partial charge in [0.1, 0.15) is 5.88 Å². The van der Waals surface area contributed by atoms with E-state index >= 15 is 0 Å². The molecule has 1 aromatic heterocycles. The van der Waals surface area contributed by atoms with E-state index in [1.54, 1.807) is 9.62 Å². The number of carbonyl (C=O) groups is 1. The smallest absolute Gasteiger partial charge is 0.342 e. The van der Waals surface area contributed by atoms with Crippen LogP contribution >= 0.6 is 11.6 Å². The van der Waals surface area contributed by atoms with Crippen molar-refractivity contribution >= 4 is 33.2 Å². The predicted molar refractivity (Wildman–Crippen MR) is 76.3 cm³/mol. The third-order valence-electron chi connectivity index (χ3n) is 3.40. The number of halogens is 3. The summed E-state index contributed by atoms with van der Waals surface area (Å²) < 4.78 is 50.0. The Morgan fingerprint density at radius 2 is 2.09 bits per heavy atom. The molecule has 0 aromatic carbocycles. The molecule has 11 heteroatoms. The van der Waals surface area contributed by atoms with Gasteiger partial charge in [-0.2, -0.15) is 13.9 Å². The Hall–Kier alpha value is -1.42. The van der Waals surface area contributed by atoms with Crippen LogP contribution in [0.2, 0.25) is 0 Å². The van der Waals surface area contributed by atoms with Crippen LogP contribution < -0.4 is 4.72 Å². The van der Waals surface area contributed by atoms with Crippen molar-refractivity contribution in [3.8, 4) is 0 Å². The van der Waals surface area contributed by atoms with E-state index in [1.807, 2.05) is 0 Å². The molecular formula is C11H15ClF2N4O3S. The fourth-order valence-electron chi connectivity index (χ4n) is 2.26. The van der Waals surface area contributed by atoms with Crippen molar-refractivity contribution in [2.24, 2.45) is 0 Å². The summed E-state index contributed by atoms with van der Waals surface area (Å²) >= 11 is 5.49. The van der Waals surface area contributed by atoms with Gasteiger partial charge in [0.15, 0.2) is 0 Å². The Balaban J connectivity index is 1.97. The van der Waals surface area contributed by atoms with Gasteiger partial charge in [-0.3, -0.25) is 14.2 Å². The van der Waals surface area contributed by atoms with Gasteiger partial charge in [0.25, 0.3) is 10.0 Å². The van der Waals surface area contributed by atoms with E-state index in [9.17, 15) is 22.0 Å². The van der Waals surface area contributed by atoms with Crippen LogP contribution in [-0.4, -0.2) is 53.7 Å². The molecule has 1 saturated heterocycles. The second kappa shape index (κ2) is 6.78. The van der Waals surface area contributed by atoms with Gasteiger partial charge in [-0.05, 0) is 12.8 Å². The van der Waals surface area contributed by atoms with Gasteiger partial charge in [0, 0.05) is 19.3 Å². The Morgan fingerprint density at radius 1 is 1.45 bits per heavy atom. The predicted octanol–water partition coefficient (Wildman–Crippen LogP) is 1.25. The minimum atomic E-state index is -4.70. The highest BCUT2D eigenvalue weighted by molar-refractivity contribution is 7.93. The second-order valence-electron chi connectivity index (χ2n) is 4.86. The molecule has 0 atom stereocenters. The highest BCUT2D eigenvalue weighted by Crippen LogP contribution is 2.24. The van der Waals surface area contributed by atoms with Crippen molar-refractivity contribution in [2.45, 2.75) is 24.6 Å². The Morgan fingerprint density at radius 3 is 2.64 bits per heavy atom. The van der Waals surface area contributed by atoms with Crippen LogP contribution in [0.5, 0.6) is 0 Å². The Kier molecular flexibility index (Phi) is 5.22. The summed E-state index contributed by atoms with van der Waals surface area (Å²) in [6.07, 6.45) is 3.80. The molecule has 0 bridgehead atoms. The lowest BCUT2D eigenvalue weighted by Crippen LogP contribution is -2.39. The van der Waals surface area contributed by atoms with Gasteiger partial charge < -0.3 is 4.90 Å². The number of rotatable bonds is 5. The first-order valence-electron chi connectivity index (χ1n) is 6.51. The maximum atomic E-state index is 12.3. The molecule has 7 nitrogen and oxygen atoms in total. The lowest BCUT2D eigenvalue weighted by molar-refractivity contribution is -0.129. The summed E-state index contributed by atoms with van der Waals surface area (Å²) in [6.45, 7) is 1.04. The second-order valence-corrected chi connectivity index (χ2v) is 6.78. The van der Waals surface area contributed by atoms with E-state index in [0.29, 0.717) is 25.9 Å². The van der Waals surface area contributed by atoms with Gasteiger partial charge in [-0.1, -0.05) is 0 Å². The number of hydrogen-bond acceptors (Lipinski definition) is 4. The van der Waals surface area contributed by atoms with Crippen molar-refractivity contribution in [1.82, 2.24) is 14.7 Å². The van der Waals surface area contributed by atoms with Gasteiger partial charge in [-0.25, -0.2) is 8.42 Å². The minimum Gasteiger partial charge on any atom is -0.342 e. The summed E-state index contributed by atoms with van der Waals surface area (Å²) in [4.78, 5) is 13.1. The Labute approximate surface area is 131 Å². The maximum Gasteiger partial charge on any atom is 0.355 e. The third kappa shape index (κ3) is 3.86. The lowest BCUT2D eigenvalue weighted by Gasteiger charge is -2.31. The van der Waals surface area contributed by atoms with Crippen molar-refractivity contribution in [3.05, 3.63) is 12.4 Å². The quantitative estimate of drug-likeness (QED) is 0.805. The van der Waals surface area contributed by atoms with Crippen molar-refractivity contribution in [2.75, 3.05) is 23.7 Å². The highest BCUT2D eigenvalue weighted by Gasteiger charge is 2.26. The number of aromatic nitrogens is 2. The molecule has 22 heavy (non-hydrogen) atoms. The molecule has 1 amide bonds. The average Bonchev–Trinajstić information content (AvgIpc) is 2.94. The lowest BCUT2D eigenvalue weighted by atomic mass is 10.1. The molecule has 124 valence electrons. The normalized spacial score (nSPS) is 17.0. The number of likely N-dealkylation sites (tertiary alicyclic amines) is 1. The Bertz CT molecular complexity index is 629. The van der Waals surface area contributed by atoms with Crippen LogP contribution in [0.15, 0.2) is 12.4 Å². The largest absolute Gasteiger partial charge is 0.355 e. The van der Waals surface area contributed by atoms with Crippen molar-refractivity contribution < 1.29 is 22.0 Å². The summed E-state index contributed by atoms with van der Waals surface area (Å²) in [5, 5.41) is 3.99. The number of sulfonamides is 1. The van der Waals surface area contributed by atoms with Crippen molar-refractivity contribution in [1.29, 1.82) is 0 Å². The van der Waals surface area contributed by atoms with E-state index < -0.39 is 15.8 Å². The monoisotopic (exact) mass is 356 g/mol. The van der Waals surface area contributed by atoms with Crippen LogP contribution in [0, 0.1) is 0 Å². The first-order valence-corrected chi connectivity index (χ1v) is 8.59. The van der Waals surface area contributed by atoms with Gasteiger partial charge in [-0.15, -0.1) is 11.6 Å². The molecule has 1 aromatic rings. The molecule has 1 aliphatic rings. The number of piperidine rings is 1. The maximum absolute atomic E-state index is 12.3. The molecule has 2 rings (SSSR count). The van der Waals surface area contributed by atoms with Crippen LogP contribution in [0.4, 0.5) is 14.5 Å². The van der Waals surface area contributed by atoms with E-state index in [1.165, 1.54) is 17.1 Å². The molecule has 2 heterocycles. The van der Waals surface area contributed by atoms with Gasteiger partial charge in [0.2, 0.25) is 5.91 Å². The number of anilines is 1. The minimum absolute atomic E-state index is 0.0143. The van der Waals surface area contributed by atoms with E-state index in [4.69, 9.17) is 11.6 Å². The van der Waals surface area contributed by atoms with E-state index in [0.717, 1.165) is 0 Å². The standard InChI is InChI=1S/C11H15ClF2N4O3S/c12-5-10(19)17-3-1-9(2-4-17)18-7-8(6-15-18)16-22(20,21)11(13)14/h6-7,9,11,16H,1-5H2. The third-order valence-corrected chi connectivity index (χ3v) is 4.62. The van der Waals surface area contributed by atoms with Gasteiger partial charge in [0.05, 0.1) is 17.9 Å². The number of nitrogens with zero attached hydrogens (tertiary/aromatic N) is 3. The average molecular weight is 357 g/mol. The number of amides is 1. The summed E-state index contributed by atoms with van der Waals surface area (Å²) in [5.41, 5.74) is -0.0143. The SMILES string of the molecule is O=C(CCl)N1CCC(n2cc(NS(=O)(=O)C(F)F)cn2)CC1. The van der Waals surface area contributed by atoms with Crippen molar-refractivity contribution in [3.63, 3.8) is 0 Å². The zero-order chi connectivity index (χ0) is 16.3.